The van der Waals surface area contributed by atoms with E-state index in [0.717, 1.165) is 5.41 Å². The van der Waals surface area contributed by atoms with Crippen molar-refractivity contribution in [3.63, 3.8) is 0 Å². The normalized spacial score (nSPS) is 13.4. The second-order valence-corrected chi connectivity index (χ2v) is 9.73. The molecule has 0 saturated heterocycles. The number of aryl methyl sites for hydroxylation is 1. The summed E-state index contributed by atoms with van der Waals surface area (Å²) in [6.45, 7) is 1.79. The first-order chi connectivity index (χ1) is 17.2. The predicted octanol–water partition coefficient (Wildman–Crippen LogP) is 1.48. The summed E-state index contributed by atoms with van der Waals surface area (Å²) in [5.41, 5.74) is 0.500. The number of fused-ring (bicyclic) bond motifs is 1. The minimum absolute atomic E-state index is 0.102. The maximum atomic E-state index is 12.6. The van der Waals surface area contributed by atoms with Crippen LogP contribution in [0.4, 0.5) is 4.79 Å². The van der Waals surface area contributed by atoms with Crippen molar-refractivity contribution in [2.24, 2.45) is 0 Å². The van der Waals surface area contributed by atoms with E-state index in [1.807, 2.05) is 0 Å². The van der Waals surface area contributed by atoms with Crippen molar-refractivity contribution in [2.75, 3.05) is 13.1 Å². The zero-order valence-corrected chi connectivity index (χ0v) is 20.1. The average molecular weight is 514 g/mol. The largest absolute Gasteiger partial charge is 0.439 e. The van der Waals surface area contributed by atoms with E-state index in [4.69, 9.17) is 9.15 Å². The number of ether oxygens (including phenoxy) is 1. The topological polar surface area (TPSA) is 165 Å². The lowest BCUT2D eigenvalue weighted by molar-refractivity contribution is 0.0837. The fourth-order valence-corrected chi connectivity index (χ4v) is 4.60. The van der Waals surface area contributed by atoms with Crippen LogP contribution in [0.2, 0.25) is 0 Å². The Balaban J connectivity index is 1.37. The molecule has 0 fully saturated rings. The Morgan fingerprint density at radius 3 is 2.75 bits per heavy atom. The SMILES string of the molecule is Cc1nnc(COC(=O)N2CCc3[nH]c(=O)c(C(=O)NC/C=C/S(=O)(=O)c4ccccc4)cc3C2)o1. The van der Waals surface area contributed by atoms with Gasteiger partial charge in [-0.15, -0.1) is 10.2 Å². The van der Waals surface area contributed by atoms with Gasteiger partial charge in [-0.05, 0) is 23.8 Å². The van der Waals surface area contributed by atoms with Gasteiger partial charge in [0.25, 0.3) is 17.4 Å². The van der Waals surface area contributed by atoms with Crippen molar-refractivity contribution in [3.8, 4) is 0 Å². The first kappa shape index (κ1) is 24.9. The molecule has 36 heavy (non-hydrogen) atoms. The second kappa shape index (κ2) is 10.6. The molecule has 188 valence electrons. The fourth-order valence-electron chi connectivity index (χ4n) is 3.55. The van der Waals surface area contributed by atoms with Crippen molar-refractivity contribution in [1.82, 2.24) is 25.4 Å². The number of H-pyrrole nitrogens is 1. The highest BCUT2D eigenvalue weighted by Gasteiger charge is 2.25. The third kappa shape index (κ3) is 5.86. The Morgan fingerprint density at radius 1 is 1.25 bits per heavy atom. The van der Waals surface area contributed by atoms with Gasteiger partial charge in [-0.3, -0.25) is 9.59 Å². The Bertz CT molecular complexity index is 1460. The van der Waals surface area contributed by atoms with Crippen molar-refractivity contribution in [1.29, 1.82) is 0 Å². The summed E-state index contributed by atoms with van der Waals surface area (Å²) in [6, 6.07) is 9.29. The van der Waals surface area contributed by atoms with E-state index in [-0.39, 0.29) is 36.0 Å². The highest BCUT2D eigenvalue weighted by atomic mass is 32.2. The van der Waals surface area contributed by atoms with Crippen LogP contribution in [0.5, 0.6) is 0 Å². The lowest BCUT2D eigenvalue weighted by Gasteiger charge is -2.27. The molecule has 0 radical (unpaired) electrons. The summed E-state index contributed by atoms with van der Waals surface area (Å²) in [4.78, 5) is 41.7. The Labute approximate surface area is 205 Å². The van der Waals surface area contributed by atoms with Crippen molar-refractivity contribution >= 4 is 21.8 Å². The van der Waals surface area contributed by atoms with Gasteiger partial charge in [-0.1, -0.05) is 24.3 Å². The van der Waals surface area contributed by atoms with E-state index >= 15 is 0 Å². The number of carbonyl (C=O) groups is 2. The van der Waals surface area contributed by atoms with Crippen LogP contribution >= 0.6 is 0 Å². The molecule has 0 atom stereocenters. The number of benzene rings is 1. The summed E-state index contributed by atoms with van der Waals surface area (Å²) in [7, 11) is -3.64. The van der Waals surface area contributed by atoms with E-state index in [0.29, 0.717) is 30.1 Å². The molecule has 1 aliphatic heterocycles. The standard InChI is InChI=1S/C23H23N5O7S/c1-15-26-27-20(35-15)14-34-23(31)28-10-8-19-16(13-28)12-18(22(30)25-19)21(29)24-9-5-11-36(32,33)17-6-3-2-4-7-17/h2-7,11-12H,8-10,13-14H2,1H3,(H,24,29)(H,25,30)/b11-5+. The number of aromatic nitrogens is 3. The molecule has 12 nitrogen and oxygen atoms in total. The molecule has 13 heteroatoms. The van der Waals surface area contributed by atoms with Gasteiger partial charge in [0.2, 0.25) is 5.89 Å². The number of aromatic amines is 1. The molecule has 1 aromatic carbocycles. The van der Waals surface area contributed by atoms with Gasteiger partial charge in [0, 0.05) is 37.5 Å². The number of nitrogens with zero attached hydrogens (tertiary/aromatic N) is 3. The third-order valence-electron chi connectivity index (χ3n) is 5.33. The second-order valence-electron chi connectivity index (χ2n) is 7.90. The molecule has 2 N–H and O–H groups in total. The Kier molecular flexibility index (Phi) is 7.29. The smallest absolute Gasteiger partial charge is 0.410 e. The molecule has 1 aliphatic rings. The predicted molar refractivity (Wildman–Crippen MR) is 125 cm³/mol. The summed E-state index contributed by atoms with van der Waals surface area (Å²) < 4.78 is 34.9. The number of hydrogen-bond donors (Lipinski definition) is 2. The number of hydrogen-bond acceptors (Lipinski definition) is 9. The van der Waals surface area contributed by atoms with Gasteiger partial charge in [-0.2, -0.15) is 0 Å². The van der Waals surface area contributed by atoms with E-state index in [9.17, 15) is 22.8 Å². The third-order valence-corrected chi connectivity index (χ3v) is 6.81. The highest BCUT2D eigenvalue weighted by Crippen LogP contribution is 2.18. The number of sulfone groups is 1. The van der Waals surface area contributed by atoms with Crippen LogP contribution in [0, 0.1) is 6.92 Å². The van der Waals surface area contributed by atoms with Crippen LogP contribution < -0.4 is 10.9 Å². The molecule has 4 rings (SSSR count). The van der Waals surface area contributed by atoms with Gasteiger partial charge in [-0.25, -0.2) is 13.2 Å². The molecule has 0 spiro atoms. The number of amides is 2. The summed E-state index contributed by atoms with van der Waals surface area (Å²) in [5, 5.41) is 10.9. The molecular weight excluding hydrogens is 490 g/mol. The summed E-state index contributed by atoms with van der Waals surface area (Å²) in [5.74, 6) is -0.143. The molecule has 0 bridgehead atoms. The molecule has 2 aromatic heterocycles. The number of pyridine rings is 1. The zero-order valence-electron chi connectivity index (χ0n) is 19.3. The number of nitrogens with one attached hydrogen (secondary N) is 2. The van der Waals surface area contributed by atoms with E-state index < -0.39 is 27.4 Å². The van der Waals surface area contributed by atoms with Gasteiger partial charge >= 0.3 is 6.09 Å². The fraction of sp³-hybridized carbons (Fsp3) is 0.261. The van der Waals surface area contributed by atoms with Gasteiger partial charge in [0.05, 0.1) is 11.4 Å². The lowest BCUT2D eigenvalue weighted by Crippen LogP contribution is -2.38. The van der Waals surface area contributed by atoms with E-state index in [1.165, 1.54) is 29.2 Å². The highest BCUT2D eigenvalue weighted by molar-refractivity contribution is 7.94. The molecule has 0 unspecified atom stereocenters. The minimum Gasteiger partial charge on any atom is -0.439 e. The van der Waals surface area contributed by atoms with Crippen LogP contribution in [-0.4, -0.2) is 53.6 Å². The van der Waals surface area contributed by atoms with Gasteiger partial charge in [0.1, 0.15) is 5.56 Å². The number of carbonyl (C=O) groups excluding carboxylic acids is 2. The van der Waals surface area contributed by atoms with Crippen molar-refractivity contribution in [3.05, 3.63) is 86.8 Å². The average Bonchev–Trinajstić information content (AvgIpc) is 3.30. The molecular formula is C23H23N5O7S. The Hall–Kier alpha value is -4.26. The lowest BCUT2D eigenvalue weighted by atomic mass is 10.0. The van der Waals surface area contributed by atoms with Crippen LogP contribution in [0.3, 0.4) is 0 Å². The van der Waals surface area contributed by atoms with Crippen molar-refractivity contribution < 1.29 is 27.2 Å². The first-order valence-corrected chi connectivity index (χ1v) is 12.5. The molecule has 0 saturated carbocycles. The Morgan fingerprint density at radius 2 is 2.03 bits per heavy atom. The summed E-state index contributed by atoms with van der Waals surface area (Å²) >= 11 is 0. The molecule has 3 aromatic rings. The van der Waals surface area contributed by atoms with Gasteiger partial charge in [0.15, 0.2) is 16.4 Å². The molecule has 3 heterocycles. The minimum atomic E-state index is -3.64. The maximum Gasteiger partial charge on any atom is 0.410 e. The van der Waals surface area contributed by atoms with Crippen LogP contribution in [0.1, 0.15) is 33.4 Å². The van der Waals surface area contributed by atoms with E-state index in [1.54, 1.807) is 25.1 Å². The maximum absolute atomic E-state index is 12.6. The van der Waals surface area contributed by atoms with Gasteiger partial charge < -0.3 is 24.4 Å². The van der Waals surface area contributed by atoms with Crippen molar-refractivity contribution in [2.45, 2.75) is 31.4 Å². The molecule has 0 aliphatic carbocycles. The summed E-state index contributed by atoms with van der Waals surface area (Å²) in [6.07, 6.45) is 1.06. The zero-order chi connectivity index (χ0) is 25.7. The van der Waals surface area contributed by atoms with Crippen LogP contribution in [0.15, 0.2) is 62.0 Å². The first-order valence-electron chi connectivity index (χ1n) is 10.9. The monoisotopic (exact) mass is 513 g/mol. The van der Waals surface area contributed by atoms with Crippen LogP contribution in [0.25, 0.3) is 0 Å². The number of rotatable bonds is 7. The quantitative estimate of drug-likeness (QED) is 0.476. The van der Waals surface area contributed by atoms with E-state index in [2.05, 4.69) is 20.5 Å². The molecule has 2 amide bonds. The van der Waals surface area contributed by atoms with Crippen LogP contribution in [-0.2, 0) is 34.1 Å².